The molecule has 4 rings (SSSR count). The first kappa shape index (κ1) is 14.9. The summed E-state index contributed by atoms with van der Waals surface area (Å²) >= 11 is 0. The molecule has 23 heavy (non-hydrogen) atoms. The van der Waals surface area contributed by atoms with Crippen LogP contribution in [-0.2, 0) is 9.53 Å². The summed E-state index contributed by atoms with van der Waals surface area (Å²) in [6.45, 7) is 3.93. The molecule has 2 saturated heterocycles. The van der Waals surface area contributed by atoms with Gasteiger partial charge in [0.05, 0.1) is 19.7 Å². The van der Waals surface area contributed by atoms with Crippen LogP contribution >= 0.6 is 0 Å². The fraction of sp³-hybridized carbons (Fsp3) is 0.647. The first-order valence-corrected chi connectivity index (χ1v) is 8.26. The van der Waals surface area contributed by atoms with E-state index in [1.54, 1.807) is 6.07 Å². The minimum atomic E-state index is -0.443. The van der Waals surface area contributed by atoms with Gasteiger partial charge in [0.25, 0.3) is 5.88 Å². The second-order valence-electron chi connectivity index (χ2n) is 7.07. The van der Waals surface area contributed by atoms with Crippen molar-refractivity contribution in [1.29, 1.82) is 0 Å². The highest BCUT2D eigenvalue weighted by Crippen LogP contribution is 2.43. The smallest absolute Gasteiger partial charge is 0.250 e. The summed E-state index contributed by atoms with van der Waals surface area (Å²) in [6.07, 6.45) is 3.80. The Balaban J connectivity index is 1.35. The summed E-state index contributed by atoms with van der Waals surface area (Å²) in [5.74, 6) is 0.598. The first-order chi connectivity index (χ1) is 11.1. The molecule has 1 saturated carbocycles. The highest BCUT2D eigenvalue weighted by molar-refractivity contribution is 5.82. The van der Waals surface area contributed by atoms with Crippen molar-refractivity contribution in [3.63, 3.8) is 0 Å². The van der Waals surface area contributed by atoms with E-state index in [0.717, 1.165) is 6.42 Å². The second-order valence-corrected chi connectivity index (χ2v) is 7.07. The van der Waals surface area contributed by atoms with Gasteiger partial charge < -0.3 is 14.4 Å². The molecule has 0 N–H and O–H groups in total. The van der Waals surface area contributed by atoms with Crippen molar-refractivity contribution >= 4 is 5.91 Å². The van der Waals surface area contributed by atoms with E-state index in [9.17, 15) is 9.18 Å². The predicted molar refractivity (Wildman–Crippen MR) is 80.4 cm³/mol. The summed E-state index contributed by atoms with van der Waals surface area (Å²) in [5, 5.41) is 0. The topological polar surface area (TPSA) is 51.7 Å². The molecular formula is C17H21FN2O3. The van der Waals surface area contributed by atoms with Crippen LogP contribution in [0.15, 0.2) is 18.3 Å². The number of hydrogen-bond donors (Lipinski definition) is 0. The quantitative estimate of drug-likeness (QED) is 0.855. The number of hydrogen-bond acceptors (Lipinski definition) is 4. The molecule has 124 valence electrons. The summed E-state index contributed by atoms with van der Waals surface area (Å²) in [7, 11) is 0. The lowest BCUT2D eigenvalue weighted by molar-refractivity contribution is -0.194. The lowest BCUT2D eigenvalue weighted by atomic mass is 9.84. The van der Waals surface area contributed by atoms with Crippen molar-refractivity contribution in [2.24, 2.45) is 11.8 Å². The fourth-order valence-corrected chi connectivity index (χ4v) is 3.63. The number of nitrogens with zero attached hydrogens (tertiary/aromatic N) is 2. The summed E-state index contributed by atoms with van der Waals surface area (Å²) in [4.78, 5) is 18.1. The van der Waals surface area contributed by atoms with Crippen LogP contribution in [0.1, 0.15) is 26.2 Å². The molecule has 1 amide bonds. The molecule has 0 aromatic carbocycles. The number of aromatic nitrogens is 1. The lowest BCUT2D eigenvalue weighted by Crippen LogP contribution is -2.67. The van der Waals surface area contributed by atoms with Crippen LogP contribution in [0.25, 0.3) is 0 Å². The molecule has 0 radical (unpaired) electrons. The lowest BCUT2D eigenvalue weighted by Gasteiger charge is -2.53. The van der Waals surface area contributed by atoms with Crippen molar-refractivity contribution in [2.45, 2.75) is 37.9 Å². The number of carbonyl (C=O) groups excluding carboxylic acids is 1. The van der Waals surface area contributed by atoms with Crippen LogP contribution in [0.4, 0.5) is 4.39 Å². The van der Waals surface area contributed by atoms with Crippen molar-refractivity contribution in [2.75, 3.05) is 19.7 Å². The maximum Gasteiger partial charge on any atom is 0.250 e. The average Bonchev–Trinajstić information content (AvgIpc) is 3.24. The van der Waals surface area contributed by atoms with E-state index < -0.39 is 5.82 Å². The van der Waals surface area contributed by atoms with Gasteiger partial charge in [-0.25, -0.2) is 9.37 Å². The van der Waals surface area contributed by atoms with Gasteiger partial charge in [0.2, 0.25) is 5.91 Å². The molecule has 1 spiro atoms. The molecule has 3 aliphatic rings. The van der Waals surface area contributed by atoms with Crippen LogP contribution < -0.4 is 4.74 Å². The maximum absolute atomic E-state index is 13.7. The van der Waals surface area contributed by atoms with Gasteiger partial charge in [-0.05, 0) is 24.5 Å². The molecule has 3 unspecified atom stereocenters. The van der Waals surface area contributed by atoms with E-state index in [4.69, 9.17) is 9.47 Å². The summed E-state index contributed by atoms with van der Waals surface area (Å²) in [6, 6.07) is 2.89. The van der Waals surface area contributed by atoms with Crippen LogP contribution in [0.2, 0.25) is 0 Å². The zero-order valence-corrected chi connectivity index (χ0v) is 13.2. The van der Waals surface area contributed by atoms with E-state index in [0.29, 0.717) is 38.5 Å². The standard InChI is InChI=1S/C17H21FN2O3/c1-11-7-13(11)16(21)20-9-17(10-20)8-12(4-6-22-17)23-15-14(18)3-2-5-19-15/h2-3,5,11-13H,4,6-10H2,1H3. The third kappa shape index (κ3) is 2.80. The number of rotatable bonds is 3. The van der Waals surface area contributed by atoms with E-state index in [-0.39, 0.29) is 29.4 Å². The molecular weight excluding hydrogens is 299 g/mol. The van der Waals surface area contributed by atoms with Crippen LogP contribution in [0.3, 0.4) is 0 Å². The Morgan fingerprint density at radius 3 is 3.00 bits per heavy atom. The normalized spacial score (nSPS) is 31.6. The minimum absolute atomic E-state index is 0.0496. The van der Waals surface area contributed by atoms with Gasteiger partial charge in [-0.2, -0.15) is 0 Å². The SMILES string of the molecule is CC1CC1C(=O)N1CC2(CC(Oc3ncccc3F)CCO2)C1. The van der Waals surface area contributed by atoms with Gasteiger partial charge in [-0.3, -0.25) is 4.79 Å². The first-order valence-electron chi connectivity index (χ1n) is 8.26. The highest BCUT2D eigenvalue weighted by atomic mass is 19.1. The molecule has 1 aromatic heterocycles. The van der Waals surface area contributed by atoms with Gasteiger partial charge >= 0.3 is 0 Å². The van der Waals surface area contributed by atoms with E-state index in [1.807, 2.05) is 4.90 Å². The van der Waals surface area contributed by atoms with Crippen molar-refractivity contribution in [3.8, 4) is 5.88 Å². The van der Waals surface area contributed by atoms with Gasteiger partial charge in [0.1, 0.15) is 11.7 Å². The number of carbonyl (C=O) groups is 1. The van der Waals surface area contributed by atoms with Crippen LogP contribution in [-0.4, -0.2) is 47.2 Å². The van der Waals surface area contributed by atoms with E-state index in [2.05, 4.69) is 11.9 Å². The number of halogens is 1. The third-order valence-electron chi connectivity index (χ3n) is 5.15. The van der Waals surface area contributed by atoms with Crippen LogP contribution in [0.5, 0.6) is 5.88 Å². The Morgan fingerprint density at radius 2 is 2.30 bits per heavy atom. The number of ether oxygens (including phenoxy) is 2. The van der Waals surface area contributed by atoms with Gasteiger partial charge in [0.15, 0.2) is 5.82 Å². The van der Waals surface area contributed by atoms with Crippen molar-refractivity contribution in [1.82, 2.24) is 9.88 Å². The monoisotopic (exact) mass is 320 g/mol. The molecule has 3 heterocycles. The number of likely N-dealkylation sites (tertiary alicyclic amines) is 1. The van der Waals surface area contributed by atoms with Crippen molar-refractivity contribution < 1.29 is 18.7 Å². The molecule has 3 atom stereocenters. The zero-order valence-electron chi connectivity index (χ0n) is 13.2. The Labute approximate surface area is 134 Å². The summed E-state index contributed by atoms with van der Waals surface area (Å²) < 4.78 is 25.3. The zero-order chi connectivity index (χ0) is 16.0. The van der Waals surface area contributed by atoms with Gasteiger partial charge in [0, 0.05) is 25.0 Å². The fourth-order valence-electron chi connectivity index (χ4n) is 3.63. The van der Waals surface area contributed by atoms with Gasteiger partial charge in [-0.1, -0.05) is 6.92 Å². The Hall–Kier alpha value is -1.69. The molecule has 1 aromatic rings. The van der Waals surface area contributed by atoms with Crippen LogP contribution in [0, 0.1) is 17.7 Å². The summed E-state index contributed by atoms with van der Waals surface area (Å²) in [5.41, 5.74) is -0.317. The van der Waals surface area contributed by atoms with Crippen molar-refractivity contribution in [3.05, 3.63) is 24.1 Å². The minimum Gasteiger partial charge on any atom is -0.472 e. The Kier molecular flexibility index (Phi) is 3.52. The second kappa shape index (κ2) is 5.44. The number of pyridine rings is 1. The molecule has 2 aliphatic heterocycles. The average molecular weight is 320 g/mol. The van der Waals surface area contributed by atoms with E-state index >= 15 is 0 Å². The predicted octanol–water partition coefficient (Wildman–Crippen LogP) is 2.02. The molecule has 6 heteroatoms. The maximum atomic E-state index is 13.7. The molecule has 5 nitrogen and oxygen atoms in total. The largest absolute Gasteiger partial charge is 0.472 e. The highest BCUT2D eigenvalue weighted by Gasteiger charge is 2.53. The van der Waals surface area contributed by atoms with E-state index in [1.165, 1.54) is 12.3 Å². The Bertz CT molecular complexity index is 618. The Morgan fingerprint density at radius 1 is 1.52 bits per heavy atom. The molecule has 0 bridgehead atoms. The number of amides is 1. The van der Waals surface area contributed by atoms with Gasteiger partial charge in [-0.15, -0.1) is 0 Å². The third-order valence-corrected chi connectivity index (χ3v) is 5.15. The molecule has 3 fully saturated rings. The molecule has 1 aliphatic carbocycles.